The number of nitrogens with zero attached hydrogens (tertiary/aromatic N) is 1. The third-order valence-electron chi connectivity index (χ3n) is 2.29. The van der Waals surface area contributed by atoms with Crippen LogP contribution in [0.15, 0.2) is 30.5 Å². The van der Waals surface area contributed by atoms with E-state index in [0.29, 0.717) is 0 Å². The van der Waals surface area contributed by atoms with E-state index in [1.165, 1.54) is 5.56 Å². The average Bonchev–Trinajstić information content (AvgIpc) is 2.65. The highest BCUT2D eigenvalue weighted by atomic mass is 15.1. The predicted octanol–water partition coefficient (Wildman–Crippen LogP) is 2.43. The van der Waals surface area contributed by atoms with E-state index in [-0.39, 0.29) is 0 Å². The minimum absolute atomic E-state index is 1.10. The Bertz CT molecular complexity index is 432. The highest BCUT2D eigenvalue weighted by molar-refractivity contribution is 5.69. The number of anilines is 1. The first kappa shape index (κ1) is 8.81. The number of aromatic amines is 1. The summed E-state index contributed by atoms with van der Waals surface area (Å²) in [6.07, 6.45) is 1.85. The summed E-state index contributed by atoms with van der Waals surface area (Å²) >= 11 is 0. The molecular formula is C11H13N3. The van der Waals surface area contributed by atoms with Crippen LogP contribution < -0.4 is 5.32 Å². The number of H-pyrrole nitrogens is 1. The molecule has 0 spiro atoms. The van der Waals surface area contributed by atoms with Gasteiger partial charge in [-0.15, -0.1) is 0 Å². The number of aromatic nitrogens is 2. The van der Waals surface area contributed by atoms with Gasteiger partial charge in [0.1, 0.15) is 0 Å². The van der Waals surface area contributed by atoms with E-state index >= 15 is 0 Å². The van der Waals surface area contributed by atoms with Crippen LogP contribution in [0.2, 0.25) is 0 Å². The Kier molecular flexibility index (Phi) is 2.23. The molecule has 72 valence electrons. The Balaban J connectivity index is 2.47. The number of aryl methyl sites for hydroxylation is 1. The molecule has 1 aromatic heterocycles. The molecule has 0 aliphatic carbocycles. The first-order valence-electron chi connectivity index (χ1n) is 4.59. The van der Waals surface area contributed by atoms with E-state index in [0.717, 1.165) is 16.9 Å². The molecule has 0 atom stereocenters. The fourth-order valence-electron chi connectivity index (χ4n) is 1.48. The van der Waals surface area contributed by atoms with Crippen LogP contribution in [0.1, 0.15) is 5.69 Å². The number of nitrogens with one attached hydrogen (secondary N) is 2. The maximum Gasteiger partial charge on any atom is 0.0568 e. The maximum absolute atomic E-state index is 4.01. The Morgan fingerprint density at radius 2 is 2.21 bits per heavy atom. The molecule has 0 bridgehead atoms. The van der Waals surface area contributed by atoms with Gasteiger partial charge in [-0.3, -0.25) is 5.10 Å². The quantitative estimate of drug-likeness (QED) is 0.758. The second-order valence-electron chi connectivity index (χ2n) is 3.24. The largest absolute Gasteiger partial charge is 0.388 e. The molecule has 2 N–H and O–H groups in total. The van der Waals surface area contributed by atoms with Gasteiger partial charge < -0.3 is 5.32 Å². The summed E-state index contributed by atoms with van der Waals surface area (Å²) in [5.41, 5.74) is 4.55. The van der Waals surface area contributed by atoms with Gasteiger partial charge in [-0.25, -0.2) is 0 Å². The van der Waals surface area contributed by atoms with Crippen molar-refractivity contribution >= 4 is 5.69 Å². The minimum Gasteiger partial charge on any atom is -0.388 e. The first-order chi connectivity index (χ1) is 6.81. The molecule has 0 unspecified atom stereocenters. The Morgan fingerprint density at radius 1 is 1.36 bits per heavy atom. The van der Waals surface area contributed by atoms with E-state index in [4.69, 9.17) is 0 Å². The molecule has 0 radical (unpaired) electrons. The second kappa shape index (κ2) is 3.54. The summed E-state index contributed by atoms with van der Waals surface area (Å²) < 4.78 is 0. The molecule has 2 aromatic rings. The van der Waals surface area contributed by atoms with Crippen LogP contribution in [-0.2, 0) is 0 Å². The second-order valence-corrected chi connectivity index (χ2v) is 3.24. The van der Waals surface area contributed by atoms with Crippen LogP contribution in [-0.4, -0.2) is 17.2 Å². The lowest BCUT2D eigenvalue weighted by Crippen LogP contribution is -1.87. The van der Waals surface area contributed by atoms with Gasteiger partial charge in [0.25, 0.3) is 0 Å². The van der Waals surface area contributed by atoms with Crippen molar-refractivity contribution in [3.8, 4) is 11.1 Å². The summed E-state index contributed by atoms with van der Waals surface area (Å²) in [6.45, 7) is 2.02. The topological polar surface area (TPSA) is 40.7 Å². The van der Waals surface area contributed by atoms with E-state index < -0.39 is 0 Å². The lowest BCUT2D eigenvalue weighted by molar-refractivity contribution is 1.05. The van der Waals surface area contributed by atoms with E-state index in [1.54, 1.807) is 0 Å². The van der Waals surface area contributed by atoms with E-state index in [1.807, 2.05) is 32.3 Å². The molecule has 3 nitrogen and oxygen atoms in total. The fraction of sp³-hybridized carbons (Fsp3) is 0.182. The zero-order valence-electron chi connectivity index (χ0n) is 8.33. The van der Waals surface area contributed by atoms with Crippen LogP contribution in [0, 0.1) is 6.92 Å². The fourth-order valence-corrected chi connectivity index (χ4v) is 1.48. The first-order valence-corrected chi connectivity index (χ1v) is 4.59. The van der Waals surface area contributed by atoms with Crippen molar-refractivity contribution < 1.29 is 0 Å². The van der Waals surface area contributed by atoms with Gasteiger partial charge >= 0.3 is 0 Å². The van der Waals surface area contributed by atoms with E-state index in [2.05, 4.69) is 27.6 Å². The molecule has 0 fully saturated rings. The van der Waals surface area contributed by atoms with Crippen molar-refractivity contribution in [3.05, 3.63) is 36.2 Å². The third-order valence-corrected chi connectivity index (χ3v) is 2.29. The van der Waals surface area contributed by atoms with Crippen molar-refractivity contribution in [2.45, 2.75) is 6.92 Å². The van der Waals surface area contributed by atoms with Crippen molar-refractivity contribution in [1.29, 1.82) is 0 Å². The monoisotopic (exact) mass is 187 g/mol. The molecule has 14 heavy (non-hydrogen) atoms. The summed E-state index contributed by atoms with van der Waals surface area (Å²) in [6, 6.07) is 8.27. The summed E-state index contributed by atoms with van der Waals surface area (Å²) in [5, 5.41) is 10.1. The number of hydrogen-bond acceptors (Lipinski definition) is 2. The Labute approximate surface area is 83.2 Å². The molecule has 0 saturated carbocycles. The molecule has 1 aromatic carbocycles. The molecule has 3 heteroatoms. The molecule has 1 heterocycles. The smallest absolute Gasteiger partial charge is 0.0568 e. The maximum atomic E-state index is 4.01. The number of benzene rings is 1. The standard InChI is InChI=1S/C11H13N3/c1-8-11(7-13-14-8)9-4-3-5-10(6-9)12-2/h3-7,12H,1-2H3,(H,13,14). The SMILES string of the molecule is CNc1cccc(-c2cn[nH]c2C)c1. The normalized spacial score (nSPS) is 10.1. The number of rotatable bonds is 2. The minimum atomic E-state index is 1.10. The van der Waals surface area contributed by atoms with Crippen LogP contribution >= 0.6 is 0 Å². The lowest BCUT2D eigenvalue weighted by Gasteiger charge is -2.03. The Hall–Kier alpha value is -1.77. The van der Waals surface area contributed by atoms with Gasteiger partial charge in [0.15, 0.2) is 0 Å². The summed E-state index contributed by atoms with van der Waals surface area (Å²) in [5.74, 6) is 0. The number of hydrogen-bond donors (Lipinski definition) is 2. The molecule has 0 aliphatic rings. The van der Waals surface area contributed by atoms with Crippen molar-refractivity contribution in [3.63, 3.8) is 0 Å². The van der Waals surface area contributed by atoms with Crippen LogP contribution in [0.3, 0.4) is 0 Å². The summed E-state index contributed by atoms with van der Waals surface area (Å²) in [7, 11) is 1.92. The van der Waals surface area contributed by atoms with Gasteiger partial charge in [0.2, 0.25) is 0 Å². The zero-order chi connectivity index (χ0) is 9.97. The molecule has 0 saturated heterocycles. The highest BCUT2D eigenvalue weighted by Gasteiger charge is 2.03. The van der Waals surface area contributed by atoms with Crippen LogP contribution in [0.4, 0.5) is 5.69 Å². The van der Waals surface area contributed by atoms with Gasteiger partial charge in [0.05, 0.1) is 6.20 Å². The van der Waals surface area contributed by atoms with Gasteiger partial charge in [-0.2, -0.15) is 5.10 Å². The van der Waals surface area contributed by atoms with E-state index in [9.17, 15) is 0 Å². The van der Waals surface area contributed by atoms with Gasteiger partial charge in [-0.1, -0.05) is 12.1 Å². The molecule has 0 aliphatic heterocycles. The van der Waals surface area contributed by atoms with Crippen LogP contribution in [0.25, 0.3) is 11.1 Å². The third kappa shape index (κ3) is 1.48. The predicted molar refractivity (Wildman–Crippen MR) is 58.3 cm³/mol. The van der Waals surface area contributed by atoms with Crippen molar-refractivity contribution in [1.82, 2.24) is 10.2 Å². The van der Waals surface area contributed by atoms with Gasteiger partial charge in [0, 0.05) is 24.0 Å². The molecular weight excluding hydrogens is 174 g/mol. The Morgan fingerprint density at radius 3 is 2.86 bits per heavy atom. The molecule has 2 rings (SSSR count). The lowest BCUT2D eigenvalue weighted by atomic mass is 10.1. The van der Waals surface area contributed by atoms with Crippen molar-refractivity contribution in [2.24, 2.45) is 0 Å². The average molecular weight is 187 g/mol. The summed E-state index contributed by atoms with van der Waals surface area (Å²) in [4.78, 5) is 0. The highest BCUT2D eigenvalue weighted by Crippen LogP contribution is 2.23. The van der Waals surface area contributed by atoms with Crippen molar-refractivity contribution in [2.75, 3.05) is 12.4 Å². The molecule has 0 amide bonds. The zero-order valence-corrected chi connectivity index (χ0v) is 8.33. The van der Waals surface area contributed by atoms with Crippen LogP contribution in [0.5, 0.6) is 0 Å². The van der Waals surface area contributed by atoms with Gasteiger partial charge in [-0.05, 0) is 24.6 Å².